The van der Waals surface area contributed by atoms with Crippen LogP contribution >= 0.6 is 11.5 Å². The molecule has 0 radical (unpaired) electrons. The summed E-state index contributed by atoms with van der Waals surface area (Å²) in [6.07, 6.45) is 2.33. The van der Waals surface area contributed by atoms with Crippen molar-refractivity contribution in [3.05, 3.63) is 11.1 Å². The van der Waals surface area contributed by atoms with Crippen molar-refractivity contribution in [3.8, 4) is 0 Å². The van der Waals surface area contributed by atoms with Crippen LogP contribution in [0.2, 0.25) is 0 Å². The van der Waals surface area contributed by atoms with Gasteiger partial charge in [0.05, 0.1) is 0 Å². The van der Waals surface area contributed by atoms with E-state index >= 15 is 0 Å². The summed E-state index contributed by atoms with van der Waals surface area (Å²) < 4.78 is 9.49. The minimum Gasteiger partial charge on any atom is -0.371 e. The summed E-state index contributed by atoms with van der Waals surface area (Å²) in [5.74, 6) is 0.414. The molecule has 13 heavy (non-hydrogen) atoms. The highest BCUT2D eigenvalue weighted by atomic mass is 32.1. The Balaban J connectivity index is 2.11. The molecule has 2 heterocycles. The van der Waals surface area contributed by atoms with Crippen LogP contribution in [0.3, 0.4) is 0 Å². The van der Waals surface area contributed by atoms with Crippen molar-refractivity contribution < 1.29 is 4.74 Å². The van der Waals surface area contributed by atoms with Gasteiger partial charge >= 0.3 is 0 Å². The maximum absolute atomic E-state index is 5.67. The van der Waals surface area contributed by atoms with Crippen molar-refractivity contribution in [2.24, 2.45) is 11.7 Å². The van der Waals surface area contributed by atoms with E-state index in [-0.39, 0.29) is 6.10 Å². The van der Waals surface area contributed by atoms with Crippen molar-refractivity contribution >= 4 is 11.5 Å². The highest BCUT2D eigenvalue weighted by Crippen LogP contribution is 2.31. The molecule has 1 aromatic heterocycles. The molecule has 5 heteroatoms. The lowest BCUT2D eigenvalue weighted by molar-refractivity contribution is -0.0276. The Morgan fingerprint density at radius 1 is 1.69 bits per heavy atom. The van der Waals surface area contributed by atoms with E-state index in [4.69, 9.17) is 10.5 Å². The molecule has 2 rings (SSSR count). The highest BCUT2D eigenvalue weighted by molar-refractivity contribution is 7.03. The molecule has 2 unspecified atom stereocenters. The fraction of sp³-hybridized carbons (Fsp3) is 0.750. The topological polar surface area (TPSA) is 61.0 Å². The van der Waals surface area contributed by atoms with Crippen molar-refractivity contribution in [1.82, 2.24) is 9.59 Å². The zero-order valence-electron chi connectivity index (χ0n) is 7.35. The van der Waals surface area contributed by atoms with Crippen LogP contribution in [-0.2, 0) is 4.74 Å². The van der Waals surface area contributed by atoms with Crippen molar-refractivity contribution in [3.63, 3.8) is 0 Å². The summed E-state index contributed by atoms with van der Waals surface area (Å²) in [6, 6.07) is 0. The average Bonchev–Trinajstić information content (AvgIpc) is 2.70. The molecule has 2 atom stereocenters. The average molecular weight is 199 g/mol. The van der Waals surface area contributed by atoms with E-state index in [0.29, 0.717) is 12.5 Å². The van der Waals surface area contributed by atoms with Gasteiger partial charge in [0.1, 0.15) is 11.8 Å². The first kappa shape index (κ1) is 9.05. The SMILES string of the molecule is NCC1CCCOC1c1csnn1. The van der Waals surface area contributed by atoms with Gasteiger partial charge in [-0.05, 0) is 30.9 Å². The molecular weight excluding hydrogens is 186 g/mol. The van der Waals surface area contributed by atoms with Crippen LogP contribution < -0.4 is 5.73 Å². The Morgan fingerprint density at radius 3 is 3.31 bits per heavy atom. The molecule has 2 N–H and O–H groups in total. The smallest absolute Gasteiger partial charge is 0.106 e. The third kappa shape index (κ3) is 1.87. The van der Waals surface area contributed by atoms with Gasteiger partial charge in [-0.1, -0.05) is 4.49 Å². The largest absolute Gasteiger partial charge is 0.371 e. The normalized spacial score (nSPS) is 29.0. The number of nitrogens with zero attached hydrogens (tertiary/aromatic N) is 2. The number of ether oxygens (including phenoxy) is 1. The summed E-state index contributed by atoms with van der Waals surface area (Å²) in [5, 5.41) is 5.97. The number of aromatic nitrogens is 2. The van der Waals surface area contributed by atoms with Gasteiger partial charge in [0, 0.05) is 17.9 Å². The van der Waals surface area contributed by atoms with E-state index in [9.17, 15) is 0 Å². The summed E-state index contributed by atoms with van der Waals surface area (Å²) in [7, 11) is 0. The molecular formula is C8H13N3OS. The third-order valence-corrected chi connectivity index (χ3v) is 2.94. The van der Waals surface area contributed by atoms with E-state index in [0.717, 1.165) is 25.1 Å². The summed E-state index contributed by atoms with van der Waals surface area (Å²) >= 11 is 1.36. The fourth-order valence-electron chi connectivity index (χ4n) is 1.71. The lowest BCUT2D eigenvalue weighted by atomic mass is 9.93. The van der Waals surface area contributed by atoms with Crippen molar-refractivity contribution in [2.75, 3.05) is 13.2 Å². The van der Waals surface area contributed by atoms with Gasteiger partial charge in [-0.15, -0.1) is 5.10 Å². The molecule has 0 bridgehead atoms. The molecule has 1 saturated heterocycles. The van der Waals surface area contributed by atoms with Crippen LogP contribution in [0.25, 0.3) is 0 Å². The minimum absolute atomic E-state index is 0.0810. The van der Waals surface area contributed by atoms with Crippen LogP contribution in [0.1, 0.15) is 24.6 Å². The predicted molar refractivity (Wildman–Crippen MR) is 50.4 cm³/mol. The quantitative estimate of drug-likeness (QED) is 0.770. The standard InChI is InChI=1S/C8H13N3OS/c9-4-6-2-1-3-12-8(6)7-5-13-11-10-7/h5-6,8H,1-4,9H2. The van der Waals surface area contributed by atoms with Crippen LogP contribution in [0, 0.1) is 5.92 Å². The second-order valence-electron chi connectivity index (χ2n) is 3.26. The van der Waals surface area contributed by atoms with Gasteiger partial charge in [-0.25, -0.2) is 0 Å². The Bertz CT molecular complexity index is 252. The maximum atomic E-state index is 5.67. The number of hydrogen-bond donors (Lipinski definition) is 1. The zero-order chi connectivity index (χ0) is 9.10. The Labute approximate surface area is 81.3 Å². The lowest BCUT2D eigenvalue weighted by Crippen LogP contribution is -2.28. The molecule has 0 aliphatic carbocycles. The number of nitrogens with two attached hydrogens (primary N) is 1. The molecule has 0 saturated carbocycles. The fourth-order valence-corrected chi connectivity index (χ4v) is 2.19. The van der Waals surface area contributed by atoms with Gasteiger partial charge in [0.25, 0.3) is 0 Å². The Morgan fingerprint density at radius 2 is 2.62 bits per heavy atom. The molecule has 0 spiro atoms. The lowest BCUT2D eigenvalue weighted by Gasteiger charge is -2.29. The van der Waals surface area contributed by atoms with Crippen molar-refractivity contribution in [2.45, 2.75) is 18.9 Å². The zero-order valence-corrected chi connectivity index (χ0v) is 8.17. The number of hydrogen-bond acceptors (Lipinski definition) is 5. The van der Waals surface area contributed by atoms with Crippen LogP contribution in [0.15, 0.2) is 5.38 Å². The molecule has 4 nitrogen and oxygen atoms in total. The van der Waals surface area contributed by atoms with Crippen LogP contribution in [0.5, 0.6) is 0 Å². The van der Waals surface area contributed by atoms with Crippen LogP contribution in [-0.4, -0.2) is 22.7 Å². The van der Waals surface area contributed by atoms with Crippen LogP contribution in [0.4, 0.5) is 0 Å². The van der Waals surface area contributed by atoms with Gasteiger partial charge in [0.15, 0.2) is 0 Å². The predicted octanol–water partition coefficient (Wildman–Crippen LogP) is 0.965. The molecule has 0 amide bonds. The second-order valence-corrected chi connectivity index (χ2v) is 3.87. The first-order valence-electron chi connectivity index (χ1n) is 4.50. The molecule has 1 aliphatic heterocycles. The molecule has 1 aromatic rings. The van der Waals surface area contributed by atoms with E-state index in [2.05, 4.69) is 9.59 Å². The maximum Gasteiger partial charge on any atom is 0.106 e. The Hall–Kier alpha value is -0.520. The summed E-state index contributed by atoms with van der Waals surface area (Å²) in [4.78, 5) is 0. The highest BCUT2D eigenvalue weighted by Gasteiger charge is 2.27. The Kier molecular flexibility index (Phi) is 2.87. The first-order valence-corrected chi connectivity index (χ1v) is 5.34. The van der Waals surface area contributed by atoms with E-state index in [1.165, 1.54) is 11.5 Å². The van der Waals surface area contributed by atoms with E-state index in [1.807, 2.05) is 5.38 Å². The van der Waals surface area contributed by atoms with Crippen molar-refractivity contribution in [1.29, 1.82) is 0 Å². The summed E-state index contributed by atoms with van der Waals surface area (Å²) in [6.45, 7) is 1.49. The van der Waals surface area contributed by atoms with Gasteiger partial charge < -0.3 is 10.5 Å². The molecule has 72 valence electrons. The monoisotopic (exact) mass is 199 g/mol. The van der Waals surface area contributed by atoms with Gasteiger partial charge in [0.2, 0.25) is 0 Å². The summed E-state index contributed by atoms with van der Waals surface area (Å²) in [5.41, 5.74) is 6.62. The molecule has 1 aliphatic rings. The van der Waals surface area contributed by atoms with E-state index in [1.54, 1.807) is 0 Å². The molecule has 1 fully saturated rings. The minimum atomic E-state index is 0.0810. The third-order valence-electron chi connectivity index (χ3n) is 2.42. The first-order chi connectivity index (χ1) is 6.42. The molecule has 0 aromatic carbocycles. The van der Waals surface area contributed by atoms with E-state index < -0.39 is 0 Å². The van der Waals surface area contributed by atoms with Gasteiger partial charge in [-0.2, -0.15) is 0 Å². The van der Waals surface area contributed by atoms with Gasteiger partial charge in [-0.3, -0.25) is 0 Å². The second kappa shape index (κ2) is 4.13. The number of rotatable bonds is 2.